The zero-order valence-corrected chi connectivity index (χ0v) is 16.8. The third-order valence-corrected chi connectivity index (χ3v) is 5.56. The number of ether oxygens (including phenoxy) is 1. The van der Waals surface area contributed by atoms with E-state index in [4.69, 9.17) is 4.74 Å². The number of para-hydroxylation sites is 3. The van der Waals surface area contributed by atoms with Gasteiger partial charge in [-0.1, -0.05) is 51.1 Å². The van der Waals surface area contributed by atoms with Crippen LogP contribution >= 0.6 is 11.8 Å². The van der Waals surface area contributed by atoms with Gasteiger partial charge in [0.15, 0.2) is 0 Å². The standard InChI is InChI=1S/C21H24N2O3S/c1-21(2,3)20(25)22-15-10-6-5-9-14(15)19-23(18(24)13-27-19)16-11-7-8-12-17(16)26-4/h5-12,19H,13H2,1-4H3,(H,22,25)/t19-/m1/s1. The van der Waals surface area contributed by atoms with E-state index in [0.29, 0.717) is 11.5 Å². The molecule has 0 radical (unpaired) electrons. The minimum absolute atomic E-state index is 0.0199. The second-order valence-electron chi connectivity index (χ2n) is 7.39. The highest BCUT2D eigenvalue weighted by atomic mass is 32.2. The average Bonchev–Trinajstić information content (AvgIpc) is 3.02. The number of rotatable bonds is 4. The Balaban J connectivity index is 2.00. The molecule has 1 atom stereocenters. The molecule has 27 heavy (non-hydrogen) atoms. The van der Waals surface area contributed by atoms with E-state index in [9.17, 15) is 9.59 Å². The van der Waals surface area contributed by atoms with E-state index in [1.54, 1.807) is 23.8 Å². The maximum absolute atomic E-state index is 12.7. The summed E-state index contributed by atoms with van der Waals surface area (Å²) in [6.07, 6.45) is 0. The van der Waals surface area contributed by atoms with Crippen molar-refractivity contribution in [2.75, 3.05) is 23.1 Å². The van der Waals surface area contributed by atoms with Gasteiger partial charge in [0.2, 0.25) is 11.8 Å². The summed E-state index contributed by atoms with van der Waals surface area (Å²) in [7, 11) is 1.60. The number of anilines is 2. The molecule has 0 aliphatic carbocycles. The molecule has 0 unspecified atom stereocenters. The molecule has 5 nitrogen and oxygen atoms in total. The first-order valence-electron chi connectivity index (χ1n) is 8.80. The average molecular weight is 385 g/mol. The highest BCUT2D eigenvalue weighted by Gasteiger charge is 2.37. The minimum atomic E-state index is -0.506. The SMILES string of the molecule is COc1ccccc1N1C(=O)CS[C@@H]1c1ccccc1NC(=O)C(C)(C)C. The van der Waals surface area contributed by atoms with Gasteiger partial charge in [0.1, 0.15) is 11.1 Å². The molecular weight excluding hydrogens is 360 g/mol. The Kier molecular flexibility index (Phi) is 5.46. The molecule has 0 saturated carbocycles. The maximum Gasteiger partial charge on any atom is 0.238 e. The Morgan fingerprint density at radius 2 is 1.81 bits per heavy atom. The first kappa shape index (κ1) is 19.3. The number of hydrogen-bond donors (Lipinski definition) is 1. The second kappa shape index (κ2) is 7.64. The van der Waals surface area contributed by atoms with Crippen LogP contribution in [0.5, 0.6) is 5.75 Å². The van der Waals surface area contributed by atoms with Crippen LogP contribution in [-0.2, 0) is 9.59 Å². The molecule has 0 spiro atoms. The lowest BCUT2D eigenvalue weighted by atomic mass is 9.95. The van der Waals surface area contributed by atoms with E-state index in [-0.39, 0.29) is 17.2 Å². The number of thioether (sulfide) groups is 1. The van der Waals surface area contributed by atoms with Crippen LogP contribution in [0.15, 0.2) is 48.5 Å². The number of methoxy groups -OCH3 is 1. The van der Waals surface area contributed by atoms with Crippen molar-refractivity contribution in [1.82, 2.24) is 0 Å². The third kappa shape index (κ3) is 3.95. The third-order valence-electron chi connectivity index (χ3n) is 4.37. The van der Waals surface area contributed by atoms with Crippen molar-refractivity contribution < 1.29 is 14.3 Å². The predicted molar refractivity (Wildman–Crippen MR) is 110 cm³/mol. The summed E-state index contributed by atoms with van der Waals surface area (Å²) < 4.78 is 5.46. The fraction of sp³-hybridized carbons (Fsp3) is 0.333. The van der Waals surface area contributed by atoms with Crippen molar-refractivity contribution in [3.63, 3.8) is 0 Å². The Morgan fingerprint density at radius 1 is 1.15 bits per heavy atom. The normalized spacial score (nSPS) is 17.1. The van der Waals surface area contributed by atoms with Crippen molar-refractivity contribution in [3.8, 4) is 5.75 Å². The Bertz CT molecular complexity index is 861. The summed E-state index contributed by atoms with van der Waals surface area (Å²) in [4.78, 5) is 26.9. The summed E-state index contributed by atoms with van der Waals surface area (Å²) in [6, 6.07) is 15.1. The van der Waals surface area contributed by atoms with E-state index in [0.717, 1.165) is 16.9 Å². The second-order valence-corrected chi connectivity index (χ2v) is 8.46. The first-order valence-corrected chi connectivity index (χ1v) is 9.85. The lowest BCUT2D eigenvalue weighted by Crippen LogP contribution is -2.30. The van der Waals surface area contributed by atoms with Gasteiger partial charge in [0.25, 0.3) is 0 Å². The quantitative estimate of drug-likeness (QED) is 0.846. The number of nitrogens with zero attached hydrogens (tertiary/aromatic N) is 1. The number of nitrogens with one attached hydrogen (secondary N) is 1. The van der Waals surface area contributed by atoms with Gasteiger partial charge < -0.3 is 10.1 Å². The monoisotopic (exact) mass is 384 g/mol. The van der Waals surface area contributed by atoms with Crippen LogP contribution in [0, 0.1) is 5.41 Å². The maximum atomic E-state index is 12.7. The van der Waals surface area contributed by atoms with Gasteiger partial charge >= 0.3 is 0 Å². The molecule has 1 aliphatic heterocycles. The summed E-state index contributed by atoms with van der Waals surface area (Å²) in [6.45, 7) is 5.62. The molecule has 142 valence electrons. The number of carbonyl (C=O) groups excluding carboxylic acids is 2. The van der Waals surface area contributed by atoms with Crippen LogP contribution in [0.25, 0.3) is 0 Å². The lowest BCUT2D eigenvalue weighted by Gasteiger charge is -2.28. The summed E-state index contributed by atoms with van der Waals surface area (Å²) >= 11 is 1.54. The molecule has 1 saturated heterocycles. The molecule has 3 rings (SSSR count). The minimum Gasteiger partial charge on any atom is -0.495 e. The van der Waals surface area contributed by atoms with Gasteiger partial charge in [-0.3, -0.25) is 14.5 Å². The van der Waals surface area contributed by atoms with Crippen molar-refractivity contribution in [2.45, 2.75) is 26.1 Å². The number of amides is 2. The molecule has 1 N–H and O–H groups in total. The van der Waals surface area contributed by atoms with Crippen LogP contribution in [0.4, 0.5) is 11.4 Å². The van der Waals surface area contributed by atoms with Gasteiger partial charge in [-0.25, -0.2) is 0 Å². The van der Waals surface area contributed by atoms with Gasteiger partial charge in [0.05, 0.1) is 18.6 Å². The molecule has 1 aliphatic rings. The van der Waals surface area contributed by atoms with Crippen LogP contribution in [0.3, 0.4) is 0 Å². The molecule has 0 bridgehead atoms. The van der Waals surface area contributed by atoms with Crippen molar-refractivity contribution in [1.29, 1.82) is 0 Å². The van der Waals surface area contributed by atoms with E-state index in [2.05, 4.69) is 5.32 Å². The fourth-order valence-corrected chi connectivity index (χ4v) is 4.08. The van der Waals surface area contributed by atoms with Crippen LogP contribution < -0.4 is 15.0 Å². The van der Waals surface area contributed by atoms with Gasteiger partial charge in [-0.15, -0.1) is 11.8 Å². The Labute approximate surface area is 164 Å². The fourth-order valence-electron chi connectivity index (χ4n) is 2.88. The highest BCUT2D eigenvalue weighted by Crippen LogP contribution is 2.46. The lowest BCUT2D eigenvalue weighted by molar-refractivity contribution is -0.123. The largest absolute Gasteiger partial charge is 0.495 e. The molecule has 1 heterocycles. The molecule has 2 aromatic rings. The van der Waals surface area contributed by atoms with Gasteiger partial charge in [-0.05, 0) is 18.2 Å². The van der Waals surface area contributed by atoms with Gasteiger partial charge in [-0.2, -0.15) is 0 Å². The molecule has 0 aromatic heterocycles. The van der Waals surface area contributed by atoms with E-state index < -0.39 is 5.41 Å². The molecule has 1 fully saturated rings. The summed E-state index contributed by atoms with van der Waals surface area (Å²) in [5, 5.41) is 2.79. The predicted octanol–water partition coefficient (Wildman–Crippen LogP) is 4.46. The van der Waals surface area contributed by atoms with E-state index in [1.807, 2.05) is 69.3 Å². The zero-order chi connectivity index (χ0) is 19.6. The number of carbonyl (C=O) groups is 2. The van der Waals surface area contributed by atoms with Crippen LogP contribution in [0.1, 0.15) is 31.7 Å². The smallest absolute Gasteiger partial charge is 0.238 e. The highest BCUT2D eigenvalue weighted by molar-refractivity contribution is 8.00. The number of hydrogen-bond acceptors (Lipinski definition) is 4. The molecule has 2 amide bonds. The topological polar surface area (TPSA) is 58.6 Å². The van der Waals surface area contributed by atoms with Crippen molar-refractivity contribution in [2.24, 2.45) is 5.41 Å². The van der Waals surface area contributed by atoms with E-state index >= 15 is 0 Å². The van der Waals surface area contributed by atoms with Crippen molar-refractivity contribution in [3.05, 3.63) is 54.1 Å². The van der Waals surface area contributed by atoms with Gasteiger partial charge in [0, 0.05) is 16.7 Å². The molecular formula is C21H24N2O3S. The van der Waals surface area contributed by atoms with Crippen LogP contribution in [-0.4, -0.2) is 24.7 Å². The van der Waals surface area contributed by atoms with Crippen LogP contribution in [0.2, 0.25) is 0 Å². The number of benzene rings is 2. The summed E-state index contributed by atoms with van der Waals surface area (Å²) in [5.74, 6) is 0.985. The Hall–Kier alpha value is -2.47. The first-order chi connectivity index (χ1) is 12.8. The molecule has 2 aromatic carbocycles. The zero-order valence-electron chi connectivity index (χ0n) is 16.0. The Morgan fingerprint density at radius 3 is 2.52 bits per heavy atom. The summed E-state index contributed by atoms with van der Waals surface area (Å²) in [5.41, 5.74) is 1.85. The molecule has 6 heteroatoms. The van der Waals surface area contributed by atoms with E-state index in [1.165, 1.54) is 0 Å². The van der Waals surface area contributed by atoms with Crippen molar-refractivity contribution >= 4 is 35.0 Å².